The Morgan fingerprint density at radius 3 is 2.16 bits per heavy atom. The average Bonchev–Trinajstić information content (AvgIpc) is 3.35. The van der Waals surface area contributed by atoms with Crippen molar-refractivity contribution in [2.24, 2.45) is 7.05 Å². The summed E-state index contributed by atoms with van der Waals surface area (Å²) in [5.41, 5.74) is 1.43. The first-order chi connectivity index (χ1) is 15.6. The Morgan fingerprint density at radius 2 is 1.56 bits per heavy atom. The minimum Gasteiger partial charge on any atom is -0.496 e. The van der Waals surface area contributed by atoms with Gasteiger partial charge in [0.2, 0.25) is 0 Å². The van der Waals surface area contributed by atoms with E-state index in [2.05, 4.69) is 16.1 Å². The van der Waals surface area contributed by atoms with E-state index in [4.69, 9.17) is 4.74 Å². The molecule has 0 saturated carbocycles. The molecule has 0 N–H and O–H groups in total. The Morgan fingerprint density at radius 1 is 0.938 bits per heavy atom. The number of fused-ring (bicyclic) bond motifs is 1. The van der Waals surface area contributed by atoms with Gasteiger partial charge in [-0.25, -0.2) is 0 Å². The van der Waals surface area contributed by atoms with Crippen molar-refractivity contribution in [3.05, 3.63) is 83.2 Å². The molecule has 1 fully saturated rings. The largest absolute Gasteiger partial charge is 0.496 e. The zero-order valence-electron chi connectivity index (χ0n) is 18.3. The highest BCUT2D eigenvalue weighted by molar-refractivity contribution is 6.32. The molecule has 5 rings (SSSR count). The molecule has 2 aliphatic rings. The SMILES string of the molecule is COc1ccccc1CN1CCN(C2(c3cnn(C)c3)C(=O)c3ccccc3C2=O)CC1. The van der Waals surface area contributed by atoms with E-state index in [1.54, 1.807) is 43.4 Å². The lowest BCUT2D eigenvalue weighted by molar-refractivity contribution is 0.0278. The number of rotatable bonds is 5. The van der Waals surface area contributed by atoms with Crippen LogP contribution in [0.1, 0.15) is 31.8 Å². The van der Waals surface area contributed by atoms with Crippen LogP contribution in [-0.2, 0) is 19.1 Å². The molecule has 0 radical (unpaired) electrons. The number of benzene rings is 2. The summed E-state index contributed by atoms with van der Waals surface area (Å²) in [7, 11) is 3.49. The van der Waals surface area contributed by atoms with Gasteiger partial charge in [0.25, 0.3) is 0 Å². The third-order valence-electron chi connectivity index (χ3n) is 6.63. The Bertz CT molecular complexity index is 1140. The van der Waals surface area contributed by atoms with E-state index in [0.29, 0.717) is 29.8 Å². The maximum absolute atomic E-state index is 13.8. The van der Waals surface area contributed by atoms with Crippen LogP contribution in [-0.4, -0.2) is 64.4 Å². The molecular weight excluding hydrogens is 404 g/mol. The molecule has 1 aliphatic carbocycles. The predicted molar refractivity (Wildman–Crippen MR) is 120 cm³/mol. The molecule has 1 aliphatic heterocycles. The molecule has 3 aromatic rings. The van der Waals surface area contributed by atoms with Crippen LogP contribution >= 0.6 is 0 Å². The summed E-state index contributed by atoms with van der Waals surface area (Å²) in [4.78, 5) is 31.9. The molecule has 0 amide bonds. The standard InChI is InChI=1S/C25H26N4O3/c1-27-17-19(15-26-27)25(23(30)20-8-4-5-9-21(20)24(25)31)29-13-11-28(12-14-29)16-18-7-3-6-10-22(18)32-2/h3-10,15,17H,11-14,16H2,1-2H3. The second-order valence-corrected chi connectivity index (χ2v) is 8.39. The first kappa shape index (κ1) is 20.6. The number of carbonyl (C=O) groups is 2. The molecule has 32 heavy (non-hydrogen) atoms. The van der Waals surface area contributed by atoms with E-state index in [-0.39, 0.29) is 11.6 Å². The van der Waals surface area contributed by atoms with Crippen molar-refractivity contribution in [1.29, 1.82) is 0 Å². The number of hydrogen-bond acceptors (Lipinski definition) is 6. The van der Waals surface area contributed by atoms with Crippen LogP contribution in [0.3, 0.4) is 0 Å². The maximum Gasteiger partial charge on any atom is 0.196 e. The average molecular weight is 431 g/mol. The van der Waals surface area contributed by atoms with Crippen molar-refractivity contribution < 1.29 is 14.3 Å². The summed E-state index contributed by atoms with van der Waals surface area (Å²) >= 11 is 0. The van der Waals surface area contributed by atoms with Crippen LogP contribution in [0.4, 0.5) is 0 Å². The van der Waals surface area contributed by atoms with Crippen LogP contribution in [0, 0.1) is 0 Å². The number of para-hydroxylation sites is 1. The lowest BCUT2D eigenvalue weighted by Gasteiger charge is -2.43. The quantitative estimate of drug-likeness (QED) is 0.580. The summed E-state index contributed by atoms with van der Waals surface area (Å²) in [5, 5.41) is 4.28. The fourth-order valence-electron chi connectivity index (χ4n) is 5.03. The van der Waals surface area contributed by atoms with Gasteiger partial charge in [0.15, 0.2) is 17.1 Å². The Kier molecular flexibility index (Phi) is 5.15. The highest BCUT2D eigenvalue weighted by Gasteiger charge is 2.58. The third-order valence-corrected chi connectivity index (χ3v) is 6.63. The van der Waals surface area contributed by atoms with E-state index in [9.17, 15) is 9.59 Å². The number of ketones is 2. The molecule has 2 aromatic carbocycles. The number of hydrogen-bond donors (Lipinski definition) is 0. The van der Waals surface area contributed by atoms with Crippen LogP contribution in [0.15, 0.2) is 60.9 Å². The molecule has 0 unspecified atom stereocenters. The number of carbonyl (C=O) groups excluding carboxylic acids is 2. The molecule has 0 atom stereocenters. The van der Waals surface area contributed by atoms with Gasteiger partial charge in [-0.1, -0.05) is 42.5 Å². The van der Waals surface area contributed by atoms with Gasteiger partial charge in [0.1, 0.15) is 5.75 Å². The zero-order chi connectivity index (χ0) is 22.3. The molecule has 164 valence electrons. The van der Waals surface area contributed by atoms with Crippen molar-refractivity contribution in [3.8, 4) is 5.75 Å². The lowest BCUT2D eigenvalue weighted by Crippen LogP contribution is -2.60. The Hall–Kier alpha value is -3.29. The fraction of sp³-hybridized carbons (Fsp3) is 0.320. The van der Waals surface area contributed by atoms with E-state index in [0.717, 1.165) is 30.9 Å². The summed E-state index contributed by atoms with van der Waals surface area (Å²) in [6.07, 6.45) is 3.45. The van der Waals surface area contributed by atoms with Gasteiger partial charge in [-0.3, -0.25) is 24.1 Å². The lowest BCUT2D eigenvalue weighted by atomic mass is 9.84. The molecule has 7 heteroatoms. The van der Waals surface area contributed by atoms with Crippen molar-refractivity contribution in [1.82, 2.24) is 19.6 Å². The second-order valence-electron chi connectivity index (χ2n) is 8.39. The second kappa shape index (κ2) is 8.00. The summed E-state index contributed by atoms with van der Waals surface area (Å²) in [6.45, 7) is 3.47. The molecular formula is C25H26N4O3. The highest BCUT2D eigenvalue weighted by atomic mass is 16.5. The molecule has 7 nitrogen and oxygen atoms in total. The van der Waals surface area contributed by atoms with Crippen LogP contribution < -0.4 is 4.74 Å². The number of methoxy groups -OCH3 is 1. The summed E-state index contributed by atoms with van der Waals surface area (Å²) in [5.74, 6) is 0.576. The molecule has 1 saturated heterocycles. The highest BCUT2D eigenvalue weighted by Crippen LogP contribution is 2.42. The monoisotopic (exact) mass is 430 g/mol. The number of nitrogens with zero attached hydrogens (tertiary/aromatic N) is 4. The smallest absolute Gasteiger partial charge is 0.196 e. The number of aryl methyl sites for hydroxylation is 1. The fourth-order valence-corrected chi connectivity index (χ4v) is 5.03. The minimum atomic E-state index is -1.34. The van der Waals surface area contributed by atoms with Gasteiger partial charge in [0.05, 0.1) is 13.3 Å². The Balaban J connectivity index is 1.44. The number of ether oxygens (including phenoxy) is 1. The maximum atomic E-state index is 13.8. The van der Waals surface area contributed by atoms with Gasteiger partial charge < -0.3 is 4.74 Å². The Labute approximate surface area is 187 Å². The first-order valence-corrected chi connectivity index (χ1v) is 10.8. The first-order valence-electron chi connectivity index (χ1n) is 10.8. The zero-order valence-corrected chi connectivity index (χ0v) is 18.3. The van der Waals surface area contributed by atoms with Crippen molar-refractivity contribution in [3.63, 3.8) is 0 Å². The molecule has 0 bridgehead atoms. The predicted octanol–water partition coefficient (Wildman–Crippen LogP) is 2.52. The van der Waals surface area contributed by atoms with E-state index in [1.807, 2.05) is 35.2 Å². The number of piperazine rings is 1. The topological polar surface area (TPSA) is 67.7 Å². The van der Waals surface area contributed by atoms with Gasteiger partial charge in [-0.05, 0) is 6.07 Å². The van der Waals surface area contributed by atoms with Gasteiger partial charge >= 0.3 is 0 Å². The van der Waals surface area contributed by atoms with Gasteiger partial charge in [-0.15, -0.1) is 0 Å². The summed E-state index contributed by atoms with van der Waals surface area (Å²) in [6, 6.07) is 15.2. The van der Waals surface area contributed by atoms with Crippen molar-refractivity contribution in [2.75, 3.05) is 33.3 Å². The molecule has 1 aromatic heterocycles. The van der Waals surface area contributed by atoms with E-state index < -0.39 is 5.54 Å². The summed E-state index contributed by atoms with van der Waals surface area (Å²) < 4.78 is 7.15. The van der Waals surface area contributed by atoms with Crippen LogP contribution in [0.25, 0.3) is 0 Å². The van der Waals surface area contributed by atoms with E-state index in [1.165, 1.54) is 0 Å². The van der Waals surface area contributed by atoms with Crippen LogP contribution in [0.5, 0.6) is 5.75 Å². The number of Topliss-reactive ketones (excluding diaryl/α,β-unsaturated/α-hetero) is 2. The van der Waals surface area contributed by atoms with E-state index >= 15 is 0 Å². The van der Waals surface area contributed by atoms with Crippen molar-refractivity contribution >= 4 is 11.6 Å². The van der Waals surface area contributed by atoms with Gasteiger partial charge in [0, 0.05) is 68.2 Å². The molecule has 2 heterocycles. The third kappa shape index (κ3) is 3.08. The molecule has 0 spiro atoms. The van der Waals surface area contributed by atoms with Gasteiger partial charge in [-0.2, -0.15) is 5.10 Å². The van der Waals surface area contributed by atoms with Crippen LogP contribution in [0.2, 0.25) is 0 Å². The normalized spacial score (nSPS) is 18.7. The number of aromatic nitrogens is 2. The van der Waals surface area contributed by atoms with Crippen molar-refractivity contribution in [2.45, 2.75) is 12.1 Å². The minimum absolute atomic E-state index is 0.149.